The Kier molecular flexibility index (Phi) is 6.30. The van der Waals surface area contributed by atoms with E-state index in [-0.39, 0.29) is 18.6 Å². The van der Waals surface area contributed by atoms with E-state index >= 15 is 0 Å². The first kappa shape index (κ1) is 20.0. The molecule has 5 heteroatoms. The van der Waals surface area contributed by atoms with E-state index in [1.54, 1.807) is 7.11 Å². The van der Waals surface area contributed by atoms with Crippen molar-refractivity contribution in [3.05, 3.63) is 96.1 Å². The van der Waals surface area contributed by atoms with E-state index < -0.39 is 6.10 Å². The third-order valence-corrected chi connectivity index (χ3v) is 5.23. The molecular weight excluding hydrogens is 378 g/mol. The molecule has 1 aliphatic rings. The van der Waals surface area contributed by atoms with Crippen molar-refractivity contribution < 1.29 is 19.0 Å². The third-order valence-electron chi connectivity index (χ3n) is 5.23. The third kappa shape index (κ3) is 4.47. The summed E-state index contributed by atoms with van der Waals surface area (Å²) in [5, 5.41) is 0. The van der Waals surface area contributed by atoms with Gasteiger partial charge in [0.25, 0.3) is 0 Å². The maximum atomic E-state index is 12.8. The van der Waals surface area contributed by atoms with Crippen LogP contribution in [0.15, 0.2) is 84.9 Å². The summed E-state index contributed by atoms with van der Waals surface area (Å²) < 4.78 is 17.6. The molecule has 3 aromatic rings. The average molecular weight is 403 g/mol. The molecule has 0 saturated carbocycles. The second-order valence-corrected chi connectivity index (χ2v) is 7.19. The molecule has 3 aromatic carbocycles. The van der Waals surface area contributed by atoms with Gasteiger partial charge in [-0.15, -0.1) is 0 Å². The number of methoxy groups -OCH3 is 1. The maximum absolute atomic E-state index is 12.8. The molecule has 1 fully saturated rings. The fraction of sp³-hybridized carbons (Fsp3) is 0.240. The second kappa shape index (κ2) is 9.46. The molecule has 2 unspecified atom stereocenters. The predicted molar refractivity (Wildman–Crippen MR) is 114 cm³/mol. The van der Waals surface area contributed by atoms with Crippen LogP contribution in [0.2, 0.25) is 0 Å². The van der Waals surface area contributed by atoms with Gasteiger partial charge in [-0.05, 0) is 23.3 Å². The number of amides is 1. The molecule has 2 atom stereocenters. The van der Waals surface area contributed by atoms with Crippen LogP contribution in [0.5, 0.6) is 11.5 Å². The van der Waals surface area contributed by atoms with Crippen molar-refractivity contribution in [3.63, 3.8) is 0 Å². The Morgan fingerprint density at radius 1 is 0.933 bits per heavy atom. The zero-order valence-corrected chi connectivity index (χ0v) is 16.9. The number of morpholine rings is 1. The minimum absolute atomic E-state index is 0.0420. The SMILES string of the molecule is COc1ccccc1OC(c1ccccc1)C1COCC(=O)N1Cc1ccccc1. The number of benzene rings is 3. The summed E-state index contributed by atoms with van der Waals surface area (Å²) in [6.45, 7) is 0.985. The van der Waals surface area contributed by atoms with E-state index in [0.717, 1.165) is 11.1 Å². The van der Waals surface area contributed by atoms with Gasteiger partial charge in [0.15, 0.2) is 11.5 Å². The van der Waals surface area contributed by atoms with Crippen molar-refractivity contribution in [2.75, 3.05) is 20.3 Å². The number of hydrogen-bond donors (Lipinski definition) is 0. The van der Waals surface area contributed by atoms with Gasteiger partial charge in [0.05, 0.1) is 19.8 Å². The average Bonchev–Trinajstić information content (AvgIpc) is 2.80. The van der Waals surface area contributed by atoms with Crippen LogP contribution in [-0.4, -0.2) is 37.2 Å². The number of rotatable bonds is 7. The van der Waals surface area contributed by atoms with E-state index in [1.807, 2.05) is 89.8 Å². The van der Waals surface area contributed by atoms with Crippen LogP contribution in [0.1, 0.15) is 17.2 Å². The van der Waals surface area contributed by atoms with Gasteiger partial charge in [0.1, 0.15) is 12.7 Å². The fourth-order valence-corrected chi connectivity index (χ4v) is 3.73. The minimum atomic E-state index is -0.407. The Morgan fingerprint density at radius 3 is 2.27 bits per heavy atom. The molecule has 1 heterocycles. The van der Waals surface area contributed by atoms with Gasteiger partial charge in [-0.25, -0.2) is 0 Å². The summed E-state index contributed by atoms with van der Waals surface area (Å²) in [6, 6.07) is 27.2. The van der Waals surface area contributed by atoms with Gasteiger partial charge >= 0.3 is 0 Å². The zero-order chi connectivity index (χ0) is 20.8. The van der Waals surface area contributed by atoms with Crippen molar-refractivity contribution in [1.82, 2.24) is 4.90 Å². The van der Waals surface area contributed by atoms with Crippen molar-refractivity contribution in [1.29, 1.82) is 0 Å². The largest absolute Gasteiger partial charge is 0.493 e. The van der Waals surface area contributed by atoms with E-state index in [9.17, 15) is 4.79 Å². The van der Waals surface area contributed by atoms with Crippen LogP contribution in [0.4, 0.5) is 0 Å². The first-order valence-corrected chi connectivity index (χ1v) is 10.0. The second-order valence-electron chi connectivity index (χ2n) is 7.19. The van der Waals surface area contributed by atoms with Crippen LogP contribution >= 0.6 is 0 Å². The van der Waals surface area contributed by atoms with E-state index in [0.29, 0.717) is 24.7 Å². The molecule has 0 spiro atoms. The lowest BCUT2D eigenvalue weighted by molar-refractivity contribution is -0.154. The topological polar surface area (TPSA) is 48.0 Å². The number of hydrogen-bond acceptors (Lipinski definition) is 4. The van der Waals surface area contributed by atoms with Crippen molar-refractivity contribution in [2.45, 2.75) is 18.7 Å². The summed E-state index contributed by atoms with van der Waals surface area (Å²) in [4.78, 5) is 14.7. The number of ether oxygens (including phenoxy) is 3. The lowest BCUT2D eigenvalue weighted by atomic mass is 9.99. The summed E-state index contributed by atoms with van der Waals surface area (Å²) in [5.74, 6) is 1.24. The molecule has 154 valence electrons. The van der Waals surface area contributed by atoms with Crippen molar-refractivity contribution in [3.8, 4) is 11.5 Å². The molecule has 1 saturated heterocycles. The van der Waals surface area contributed by atoms with Gasteiger partial charge in [-0.3, -0.25) is 4.79 Å². The molecule has 5 nitrogen and oxygen atoms in total. The molecule has 1 aliphatic heterocycles. The summed E-state index contributed by atoms with van der Waals surface area (Å²) in [7, 11) is 1.62. The maximum Gasteiger partial charge on any atom is 0.249 e. The highest BCUT2D eigenvalue weighted by atomic mass is 16.5. The molecule has 4 rings (SSSR count). The Balaban J connectivity index is 1.69. The standard InChI is InChI=1S/C25H25NO4/c1-28-22-14-8-9-15-23(22)30-25(20-12-6-3-7-13-20)21-17-29-18-24(27)26(21)16-19-10-4-2-5-11-19/h2-15,21,25H,16-18H2,1H3. The smallest absolute Gasteiger partial charge is 0.249 e. The Bertz CT molecular complexity index is 961. The first-order valence-electron chi connectivity index (χ1n) is 10.0. The van der Waals surface area contributed by atoms with Crippen LogP contribution in [0.3, 0.4) is 0 Å². The molecule has 0 aliphatic carbocycles. The van der Waals surface area contributed by atoms with Gasteiger partial charge in [0.2, 0.25) is 5.91 Å². The van der Waals surface area contributed by atoms with E-state index in [2.05, 4.69) is 0 Å². The summed E-state index contributed by atoms with van der Waals surface area (Å²) >= 11 is 0. The number of nitrogens with zero attached hydrogens (tertiary/aromatic N) is 1. The van der Waals surface area contributed by atoms with Crippen LogP contribution < -0.4 is 9.47 Å². The normalized spacial score (nSPS) is 17.4. The minimum Gasteiger partial charge on any atom is -0.493 e. The van der Waals surface area contributed by atoms with Crippen molar-refractivity contribution in [2.24, 2.45) is 0 Å². The number of carbonyl (C=O) groups excluding carboxylic acids is 1. The van der Waals surface area contributed by atoms with Gasteiger partial charge in [-0.1, -0.05) is 72.8 Å². The molecule has 30 heavy (non-hydrogen) atoms. The molecule has 0 aromatic heterocycles. The quantitative estimate of drug-likeness (QED) is 0.592. The number of para-hydroxylation sites is 2. The highest BCUT2D eigenvalue weighted by Crippen LogP contribution is 2.35. The summed E-state index contributed by atoms with van der Waals surface area (Å²) in [6.07, 6.45) is -0.407. The van der Waals surface area contributed by atoms with Gasteiger partial charge < -0.3 is 19.1 Å². The molecule has 1 amide bonds. The molecule has 0 radical (unpaired) electrons. The number of carbonyl (C=O) groups is 1. The van der Waals surface area contributed by atoms with Crippen LogP contribution in [0.25, 0.3) is 0 Å². The highest BCUT2D eigenvalue weighted by Gasteiger charge is 2.37. The monoisotopic (exact) mass is 403 g/mol. The lowest BCUT2D eigenvalue weighted by Crippen LogP contribution is -2.52. The van der Waals surface area contributed by atoms with Gasteiger partial charge in [0, 0.05) is 6.54 Å². The van der Waals surface area contributed by atoms with E-state index in [4.69, 9.17) is 14.2 Å². The Morgan fingerprint density at radius 2 is 1.57 bits per heavy atom. The van der Waals surface area contributed by atoms with Crippen molar-refractivity contribution >= 4 is 5.91 Å². The van der Waals surface area contributed by atoms with E-state index in [1.165, 1.54) is 0 Å². The highest BCUT2D eigenvalue weighted by molar-refractivity contribution is 5.78. The zero-order valence-electron chi connectivity index (χ0n) is 16.9. The van der Waals surface area contributed by atoms with Crippen LogP contribution in [0, 0.1) is 0 Å². The lowest BCUT2D eigenvalue weighted by Gasteiger charge is -2.40. The first-order chi connectivity index (χ1) is 14.8. The Hall–Kier alpha value is -3.31. The molecule has 0 N–H and O–H groups in total. The Labute approximate surface area is 176 Å². The molecule has 0 bridgehead atoms. The summed E-state index contributed by atoms with van der Waals surface area (Å²) in [5.41, 5.74) is 2.05. The molecular formula is C25H25NO4. The van der Waals surface area contributed by atoms with Gasteiger partial charge in [-0.2, -0.15) is 0 Å². The predicted octanol–water partition coefficient (Wildman–Crippen LogP) is 4.24. The fourth-order valence-electron chi connectivity index (χ4n) is 3.73. The van der Waals surface area contributed by atoms with Crippen LogP contribution in [-0.2, 0) is 16.1 Å².